The first-order valence-electron chi connectivity index (χ1n) is 5.76. The summed E-state index contributed by atoms with van der Waals surface area (Å²) < 4.78 is 37.8. The number of carbonyl (C=O) groups is 1. The van der Waals surface area contributed by atoms with Crippen LogP contribution in [-0.2, 0) is 11.3 Å². The maximum Gasteiger partial charge on any atom is 0.405 e. The van der Waals surface area contributed by atoms with Crippen molar-refractivity contribution in [2.24, 2.45) is 0 Å². The molecule has 0 aliphatic rings. The number of hydrogen-bond acceptors (Lipinski definition) is 4. The first-order chi connectivity index (χ1) is 9.24. The lowest BCUT2D eigenvalue weighted by Gasteiger charge is -2.13. The summed E-state index contributed by atoms with van der Waals surface area (Å²) in [5, 5.41) is 9.36. The van der Waals surface area contributed by atoms with Crippen LogP contribution >= 0.6 is 11.8 Å². The molecule has 5 nitrogen and oxygen atoms in total. The second-order valence-corrected chi connectivity index (χ2v) is 5.33. The monoisotopic (exact) mass is 308 g/mol. The Labute approximate surface area is 118 Å². The van der Waals surface area contributed by atoms with E-state index in [1.807, 2.05) is 5.32 Å². The van der Waals surface area contributed by atoms with E-state index in [4.69, 9.17) is 0 Å². The van der Waals surface area contributed by atoms with Gasteiger partial charge in [0.1, 0.15) is 12.4 Å². The van der Waals surface area contributed by atoms with E-state index in [1.54, 1.807) is 17.6 Å². The van der Waals surface area contributed by atoms with Crippen LogP contribution in [0.1, 0.15) is 12.7 Å². The minimum absolute atomic E-state index is 0.469. The number of aromatic nitrogens is 3. The van der Waals surface area contributed by atoms with Crippen molar-refractivity contribution in [1.29, 1.82) is 0 Å². The van der Waals surface area contributed by atoms with E-state index in [0.29, 0.717) is 17.5 Å². The van der Waals surface area contributed by atoms with Crippen LogP contribution in [0.25, 0.3) is 0 Å². The van der Waals surface area contributed by atoms with E-state index in [9.17, 15) is 18.0 Å². The highest BCUT2D eigenvalue weighted by Crippen LogP contribution is 2.22. The van der Waals surface area contributed by atoms with Gasteiger partial charge in [0.25, 0.3) is 0 Å². The normalized spacial score (nSPS) is 13.1. The smallest absolute Gasteiger partial charge is 0.346 e. The number of nitrogens with zero attached hydrogens (tertiary/aromatic N) is 3. The molecule has 0 bridgehead atoms. The largest absolute Gasteiger partial charge is 0.405 e. The fraction of sp³-hybridized carbons (Fsp3) is 0.545. The minimum Gasteiger partial charge on any atom is -0.346 e. The molecule has 1 unspecified atom stereocenters. The van der Waals surface area contributed by atoms with Gasteiger partial charge in [-0.3, -0.25) is 4.79 Å². The van der Waals surface area contributed by atoms with Crippen molar-refractivity contribution in [2.75, 3.05) is 6.54 Å². The first kappa shape index (κ1) is 16.5. The molecule has 20 heavy (non-hydrogen) atoms. The predicted octanol–water partition coefficient (Wildman–Crippen LogP) is 1.93. The Morgan fingerprint density at radius 1 is 1.55 bits per heavy atom. The highest BCUT2D eigenvalue weighted by Gasteiger charge is 2.29. The third-order valence-corrected chi connectivity index (χ3v) is 3.41. The molecule has 1 heterocycles. The summed E-state index contributed by atoms with van der Waals surface area (Å²) in [5.74, 6) is -0.0477. The van der Waals surface area contributed by atoms with Crippen molar-refractivity contribution in [2.45, 2.75) is 37.0 Å². The van der Waals surface area contributed by atoms with Crippen LogP contribution in [0.4, 0.5) is 13.2 Å². The van der Waals surface area contributed by atoms with E-state index >= 15 is 0 Å². The zero-order valence-electron chi connectivity index (χ0n) is 11.1. The SMILES string of the molecule is C=CCn1c(C)nnc1SC(C)C(=O)NCC(F)(F)F. The van der Waals surface area contributed by atoms with Gasteiger partial charge in [0.15, 0.2) is 5.16 Å². The molecule has 0 aromatic carbocycles. The van der Waals surface area contributed by atoms with Crippen LogP contribution in [0.3, 0.4) is 0 Å². The molecule has 1 rings (SSSR count). The molecule has 0 spiro atoms. The van der Waals surface area contributed by atoms with Crippen molar-refractivity contribution >= 4 is 17.7 Å². The molecule has 112 valence electrons. The Hall–Kier alpha value is -1.51. The average molecular weight is 308 g/mol. The molecule has 1 N–H and O–H groups in total. The topological polar surface area (TPSA) is 59.8 Å². The van der Waals surface area contributed by atoms with Gasteiger partial charge in [-0.25, -0.2) is 0 Å². The molecule has 9 heteroatoms. The van der Waals surface area contributed by atoms with Gasteiger partial charge in [0, 0.05) is 6.54 Å². The lowest BCUT2D eigenvalue weighted by Crippen LogP contribution is -2.38. The molecule has 0 fully saturated rings. The maximum absolute atomic E-state index is 12.0. The molecule has 0 aliphatic carbocycles. The number of thioether (sulfide) groups is 1. The molecule has 0 saturated heterocycles. The number of halogens is 3. The lowest BCUT2D eigenvalue weighted by molar-refractivity contribution is -0.137. The highest BCUT2D eigenvalue weighted by atomic mass is 32.2. The fourth-order valence-electron chi connectivity index (χ4n) is 1.33. The van der Waals surface area contributed by atoms with E-state index in [2.05, 4.69) is 16.8 Å². The summed E-state index contributed by atoms with van der Waals surface area (Å²) in [4.78, 5) is 11.6. The van der Waals surface area contributed by atoms with Gasteiger partial charge in [-0.2, -0.15) is 13.2 Å². The van der Waals surface area contributed by atoms with Crippen LogP contribution < -0.4 is 5.32 Å². The molecular formula is C11H15F3N4OS. The maximum atomic E-state index is 12.0. The summed E-state index contributed by atoms with van der Waals surface area (Å²) in [6.07, 6.45) is -2.77. The van der Waals surface area contributed by atoms with Gasteiger partial charge in [0.05, 0.1) is 5.25 Å². The third kappa shape index (κ3) is 4.87. The summed E-state index contributed by atoms with van der Waals surface area (Å²) in [6, 6.07) is 0. The zero-order chi connectivity index (χ0) is 15.3. The molecule has 0 radical (unpaired) electrons. The molecular weight excluding hydrogens is 293 g/mol. The number of nitrogens with one attached hydrogen (secondary N) is 1. The van der Waals surface area contributed by atoms with E-state index in [-0.39, 0.29) is 0 Å². The fourth-order valence-corrected chi connectivity index (χ4v) is 2.26. The molecule has 1 aromatic rings. The van der Waals surface area contributed by atoms with Crippen molar-refractivity contribution in [3.63, 3.8) is 0 Å². The Morgan fingerprint density at radius 2 is 2.20 bits per heavy atom. The second-order valence-electron chi connectivity index (χ2n) is 4.02. The molecule has 0 aliphatic heterocycles. The van der Waals surface area contributed by atoms with Crippen molar-refractivity contribution in [3.05, 3.63) is 18.5 Å². The highest BCUT2D eigenvalue weighted by molar-refractivity contribution is 8.00. The van der Waals surface area contributed by atoms with E-state index in [0.717, 1.165) is 11.8 Å². The van der Waals surface area contributed by atoms with Crippen LogP contribution in [0.2, 0.25) is 0 Å². The van der Waals surface area contributed by atoms with Crippen molar-refractivity contribution in [1.82, 2.24) is 20.1 Å². The summed E-state index contributed by atoms with van der Waals surface area (Å²) in [5.41, 5.74) is 0. The zero-order valence-corrected chi connectivity index (χ0v) is 11.9. The van der Waals surface area contributed by atoms with Crippen LogP contribution in [-0.4, -0.2) is 38.6 Å². The quantitative estimate of drug-likeness (QED) is 0.644. The van der Waals surface area contributed by atoms with Crippen molar-refractivity contribution < 1.29 is 18.0 Å². The van der Waals surface area contributed by atoms with Gasteiger partial charge in [-0.1, -0.05) is 17.8 Å². The minimum atomic E-state index is -4.42. The van der Waals surface area contributed by atoms with Crippen LogP contribution in [0.15, 0.2) is 17.8 Å². The van der Waals surface area contributed by atoms with E-state index < -0.39 is 23.9 Å². The number of hydrogen-bond donors (Lipinski definition) is 1. The summed E-state index contributed by atoms with van der Waals surface area (Å²) in [7, 11) is 0. The number of allylic oxidation sites excluding steroid dienone is 1. The number of rotatable bonds is 6. The predicted molar refractivity (Wildman–Crippen MR) is 69.3 cm³/mol. The average Bonchev–Trinajstić information content (AvgIpc) is 2.68. The number of carbonyl (C=O) groups excluding carboxylic acids is 1. The van der Waals surface area contributed by atoms with Gasteiger partial charge >= 0.3 is 6.18 Å². The Balaban J connectivity index is 2.64. The van der Waals surface area contributed by atoms with Gasteiger partial charge in [-0.15, -0.1) is 16.8 Å². The number of amides is 1. The lowest BCUT2D eigenvalue weighted by atomic mass is 10.4. The standard InChI is InChI=1S/C11H15F3N4OS/c1-4-5-18-8(3)16-17-10(18)20-7(2)9(19)15-6-11(12,13)14/h4,7H,1,5-6H2,2-3H3,(H,15,19). The number of aryl methyl sites for hydroxylation is 1. The van der Waals surface area contributed by atoms with Gasteiger partial charge in [-0.05, 0) is 13.8 Å². The summed E-state index contributed by atoms with van der Waals surface area (Å²) in [6.45, 7) is 5.99. The van der Waals surface area contributed by atoms with Crippen LogP contribution in [0.5, 0.6) is 0 Å². The molecule has 1 atom stereocenters. The van der Waals surface area contributed by atoms with Crippen LogP contribution in [0, 0.1) is 6.92 Å². The van der Waals surface area contributed by atoms with Gasteiger partial charge in [0.2, 0.25) is 5.91 Å². The molecule has 1 aromatic heterocycles. The Bertz CT molecular complexity index is 487. The number of alkyl halides is 3. The third-order valence-electron chi connectivity index (χ3n) is 2.33. The Kier molecular flexibility index (Phi) is 5.61. The molecule has 1 amide bonds. The first-order valence-corrected chi connectivity index (χ1v) is 6.64. The van der Waals surface area contributed by atoms with Crippen molar-refractivity contribution in [3.8, 4) is 0 Å². The van der Waals surface area contributed by atoms with Gasteiger partial charge < -0.3 is 9.88 Å². The molecule has 0 saturated carbocycles. The Morgan fingerprint density at radius 3 is 2.75 bits per heavy atom. The van der Waals surface area contributed by atoms with E-state index in [1.165, 1.54) is 6.92 Å². The second kappa shape index (κ2) is 6.78. The summed E-state index contributed by atoms with van der Waals surface area (Å²) >= 11 is 1.05.